The van der Waals surface area contributed by atoms with Crippen LogP contribution in [0.5, 0.6) is 11.5 Å². The van der Waals surface area contributed by atoms with Gasteiger partial charge in [-0.2, -0.15) is 0 Å². The molecule has 0 aliphatic carbocycles. The standard InChI is InChI=1S/C23H23N3O4/c1-29-19-11-17(12-20(13-19)30-14-15-5-3-2-4-6-15)21(23(27)28)26-18-9-7-16(8-10-18)22(24)25/h2-13,21,26H,14H2,1H3,(H3,24,25)(H,27,28). The van der Waals surface area contributed by atoms with Crippen molar-refractivity contribution < 1.29 is 19.4 Å². The molecule has 7 nitrogen and oxygen atoms in total. The molecule has 0 aromatic heterocycles. The van der Waals surface area contributed by atoms with Gasteiger partial charge < -0.3 is 25.6 Å². The Morgan fingerprint density at radius 3 is 2.33 bits per heavy atom. The predicted octanol–water partition coefficient (Wildman–Crippen LogP) is 3.80. The van der Waals surface area contributed by atoms with E-state index in [2.05, 4.69) is 5.32 Å². The minimum absolute atomic E-state index is 0.0515. The van der Waals surface area contributed by atoms with Crippen LogP contribution in [0.4, 0.5) is 5.69 Å². The Morgan fingerprint density at radius 1 is 1.07 bits per heavy atom. The number of amidine groups is 1. The number of aliphatic carboxylic acids is 1. The molecule has 0 aliphatic heterocycles. The highest BCUT2D eigenvalue weighted by atomic mass is 16.5. The summed E-state index contributed by atoms with van der Waals surface area (Å²) in [5.41, 5.74) is 8.10. The zero-order valence-electron chi connectivity index (χ0n) is 16.5. The fraction of sp³-hybridized carbons (Fsp3) is 0.130. The third-order valence-electron chi connectivity index (χ3n) is 4.47. The van der Waals surface area contributed by atoms with Gasteiger partial charge in [-0.1, -0.05) is 30.3 Å². The molecular formula is C23H23N3O4. The number of carboxylic acid groups (broad SMARTS) is 1. The second kappa shape index (κ2) is 9.47. The molecule has 0 saturated heterocycles. The molecule has 154 valence electrons. The molecule has 0 bridgehead atoms. The van der Waals surface area contributed by atoms with Gasteiger partial charge in [-0.3, -0.25) is 5.41 Å². The first-order valence-corrected chi connectivity index (χ1v) is 9.26. The van der Waals surface area contributed by atoms with Crippen LogP contribution in [0.25, 0.3) is 0 Å². The molecule has 0 amide bonds. The fourth-order valence-electron chi connectivity index (χ4n) is 2.90. The number of benzene rings is 3. The van der Waals surface area contributed by atoms with Gasteiger partial charge in [-0.25, -0.2) is 4.79 Å². The predicted molar refractivity (Wildman–Crippen MR) is 115 cm³/mol. The minimum atomic E-state index is -1.05. The van der Waals surface area contributed by atoms with Crippen LogP contribution in [-0.4, -0.2) is 24.0 Å². The highest BCUT2D eigenvalue weighted by Gasteiger charge is 2.21. The van der Waals surface area contributed by atoms with E-state index in [9.17, 15) is 9.90 Å². The number of hydrogen-bond donors (Lipinski definition) is 4. The minimum Gasteiger partial charge on any atom is -0.497 e. The molecule has 3 rings (SSSR count). The average Bonchev–Trinajstić information content (AvgIpc) is 2.76. The maximum absolute atomic E-state index is 12.0. The molecular weight excluding hydrogens is 382 g/mol. The van der Waals surface area contributed by atoms with Gasteiger partial charge in [-0.05, 0) is 47.5 Å². The SMILES string of the molecule is COc1cc(OCc2ccccc2)cc(C(Nc2ccc(C(=N)N)cc2)C(=O)O)c1. The Bertz CT molecular complexity index is 1020. The molecule has 30 heavy (non-hydrogen) atoms. The average molecular weight is 405 g/mol. The normalized spacial score (nSPS) is 11.4. The lowest BCUT2D eigenvalue weighted by molar-refractivity contribution is -0.138. The lowest BCUT2D eigenvalue weighted by Crippen LogP contribution is -2.21. The van der Waals surface area contributed by atoms with Gasteiger partial charge in [0.25, 0.3) is 0 Å². The van der Waals surface area contributed by atoms with E-state index in [0.717, 1.165) is 5.56 Å². The first-order valence-electron chi connectivity index (χ1n) is 9.26. The van der Waals surface area contributed by atoms with E-state index in [0.29, 0.717) is 34.9 Å². The first kappa shape index (κ1) is 20.7. The lowest BCUT2D eigenvalue weighted by Gasteiger charge is -2.18. The van der Waals surface area contributed by atoms with Crippen LogP contribution < -0.4 is 20.5 Å². The highest BCUT2D eigenvalue weighted by molar-refractivity contribution is 5.95. The Balaban J connectivity index is 1.84. The van der Waals surface area contributed by atoms with Crippen molar-refractivity contribution >= 4 is 17.5 Å². The largest absolute Gasteiger partial charge is 0.497 e. The number of nitrogens with two attached hydrogens (primary N) is 1. The summed E-state index contributed by atoms with van der Waals surface area (Å²) in [4.78, 5) is 12.0. The number of nitrogen functional groups attached to an aromatic ring is 1. The first-order chi connectivity index (χ1) is 14.5. The fourth-order valence-corrected chi connectivity index (χ4v) is 2.90. The van der Waals surface area contributed by atoms with E-state index in [-0.39, 0.29) is 5.84 Å². The zero-order valence-corrected chi connectivity index (χ0v) is 16.5. The molecule has 0 saturated carbocycles. The summed E-state index contributed by atoms with van der Waals surface area (Å²) in [5, 5.41) is 20.2. The molecule has 1 atom stereocenters. The molecule has 7 heteroatoms. The lowest BCUT2D eigenvalue weighted by atomic mass is 10.1. The molecule has 3 aromatic rings. The van der Waals surface area contributed by atoms with E-state index in [1.807, 2.05) is 30.3 Å². The third-order valence-corrected chi connectivity index (χ3v) is 4.47. The van der Waals surface area contributed by atoms with E-state index < -0.39 is 12.0 Å². The number of rotatable bonds is 9. The van der Waals surface area contributed by atoms with Crippen LogP contribution in [0.1, 0.15) is 22.7 Å². The summed E-state index contributed by atoms with van der Waals surface area (Å²) in [7, 11) is 1.52. The van der Waals surface area contributed by atoms with Gasteiger partial charge in [0.15, 0.2) is 6.04 Å². The maximum Gasteiger partial charge on any atom is 0.330 e. The van der Waals surface area contributed by atoms with Crippen molar-refractivity contribution in [3.8, 4) is 11.5 Å². The Hall–Kier alpha value is -4.00. The molecule has 5 N–H and O–H groups in total. The number of ether oxygens (including phenoxy) is 2. The maximum atomic E-state index is 12.0. The number of methoxy groups -OCH3 is 1. The summed E-state index contributed by atoms with van der Waals surface area (Å²) in [6, 6.07) is 20.4. The van der Waals surface area contributed by atoms with Crippen LogP contribution in [0.2, 0.25) is 0 Å². The Morgan fingerprint density at radius 2 is 1.73 bits per heavy atom. The van der Waals surface area contributed by atoms with Crippen molar-refractivity contribution in [3.05, 3.63) is 89.5 Å². The molecule has 0 heterocycles. The third kappa shape index (κ3) is 5.29. The van der Waals surface area contributed by atoms with Crippen LogP contribution in [-0.2, 0) is 11.4 Å². The summed E-state index contributed by atoms with van der Waals surface area (Å²) in [6.07, 6.45) is 0. The number of anilines is 1. The molecule has 1 unspecified atom stereocenters. The monoisotopic (exact) mass is 405 g/mol. The second-order valence-electron chi connectivity index (χ2n) is 6.62. The topological polar surface area (TPSA) is 118 Å². The van der Waals surface area contributed by atoms with E-state index in [1.165, 1.54) is 7.11 Å². The summed E-state index contributed by atoms with van der Waals surface area (Å²) < 4.78 is 11.2. The van der Waals surface area contributed by atoms with Crippen molar-refractivity contribution in [1.29, 1.82) is 5.41 Å². The molecule has 0 aliphatic rings. The zero-order chi connectivity index (χ0) is 21.5. The summed E-state index contributed by atoms with van der Waals surface area (Å²) >= 11 is 0. The second-order valence-corrected chi connectivity index (χ2v) is 6.62. The van der Waals surface area contributed by atoms with Crippen LogP contribution >= 0.6 is 0 Å². The number of hydrogen-bond acceptors (Lipinski definition) is 5. The van der Waals surface area contributed by atoms with Crippen LogP contribution in [0.3, 0.4) is 0 Å². The van der Waals surface area contributed by atoms with Crippen molar-refractivity contribution in [2.75, 3.05) is 12.4 Å². The number of carboxylic acids is 1. The van der Waals surface area contributed by atoms with Crippen molar-refractivity contribution in [1.82, 2.24) is 0 Å². The van der Waals surface area contributed by atoms with Crippen LogP contribution in [0, 0.1) is 5.41 Å². The summed E-state index contributed by atoms with van der Waals surface area (Å²) in [6.45, 7) is 0.352. The van der Waals surface area contributed by atoms with Crippen molar-refractivity contribution in [2.24, 2.45) is 5.73 Å². The summed E-state index contributed by atoms with van der Waals surface area (Å²) in [5.74, 6) is -0.0963. The highest BCUT2D eigenvalue weighted by Crippen LogP contribution is 2.29. The van der Waals surface area contributed by atoms with Gasteiger partial charge >= 0.3 is 5.97 Å². The van der Waals surface area contributed by atoms with Gasteiger partial charge in [0.2, 0.25) is 0 Å². The Labute approximate surface area is 174 Å². The van der Waals surface area contributed by atoms with Gasteiger partial charge in [0, 0.05) is 17.3 Å². The van der Waals surface area contributed by atoms with Crippen molar-refractivity contribution in [3.63, 3.8) is 0 Å². The molecule has 0 fully saturated rings. The van der Waals surface area contributed by atoms with Crippen molar-refractivity contribution in [2.45, 2.75) is 12.6 Å². The van der Waals surface area contributed by atoms with Gasteiger partial charge in [-0.15, -0.1) is 0 Å². The smallest absolute Gasteiger partial charge is 0.330 e. The molecule has 0 radical (unpaired) electrons. The quantitative estimate of drug-likeness (QED) is 0.318. The number of nitrogens with one attached hydrogen (secondary N) is 2. The number of carbonyl (C=O) groups is 1. The van der Waals surface area contributed by atoms with E-state index in [4.69, 9.17) is 20.6 Å². The van der Waals surface area contributed by atoms with Gasteiger partial charge in [0.05, 0.1) is 7.11 Å². The molecule has 3 aromatic carbocycles. The Kier molecular flexibility index (Phi) is 6.54. The van der Waals surface area contributed by atoms with E-state index >= 15 is 0 Å². The van der Waals surface area contributed by atoms with Gasteiger partial charge in [0.1, 0.15) is 23.9 Å². The van der Waals surface area contributed by atoms with E-state index in [1.54, 1.807) is 42.5 Å². The van der Waals surface area contributed by atoms with Crippen LogP contribution in [0.15, 0.2) is 72.8 Å². The molecule has 0 spiro atoms.